The van der Waals surface area contributed by atoms with Crippen LogP contribution in [0.15, 0.2) is 54.7 Å². The summed E-state index contributed by atoms with van der Waals surface area (Å²) in [4.78, 5) is 54.1. The van der Waals surface area contributed by atoms with Crippen molar-refractivity contribution in [2.24, 2.45) is 5.92 Å². The van der Waals surface area contributed by atoms with Gasteiger partial charge in [0, 0.05) is 24.5 Å². The maximum Gasteiger partial charge on any atom is 0.419 e. The largest absolute Gasteiger partial charge is 0.497 e. The number of fused-ring (bicyclic) bond motifs is 1. The van der Waals surface area contributed by atoms with Crippen LogP contribution in [0.3, 0.4) is 0 Å². The van der Waals surface area contributed by atoms with Crippen LogP contribution >= 0.6 is 0 Å². The summed E-state index contributed by atoms with van der Waals surface area (Å²) in [7, 11) is 1.54. The number of benzene rings is 2. The molecular weight excluding hydrogens is 540 g/mol. The van der Waals surface area contributed by atoms with Crippen LogP contribution in [0.1, 0.15) is 59.1 Å². The van der Waals surface area contributed by atoms with E-state index in [1.807, 2.05) is 0 Å². The molecule has 10 heteroatoms. The molecule has 0 bridgehead atoms. The van der Waals surface area contributed by atoms with E-state index in [0.29, 0.717) is 27.8 Å². The van der Waals surface area contributed by atoms with Gasteiger partial charge in [-0.3, -0.25) is 14.2 Å². The summed E-state index contributed by atoms with van der Waals surface area (Å²) >= 11 is 0. The first-order valence-corrected chi connectivity index (χ1v) is 13.8. The molecule has 1 aliphatic heterocycles. The fourth-order valence-corrected chi connectivity index (χ4v) is 5.35. The third-order valence-corrected chi connectivity index (χ3v) is 7.13. The zero-order valence-corrected chi connectivity index (χ0v) is 25.1. The average molecular weight is 579 g/mol. The van der Waals surface area contributed by atoms with Crippen LogP contribution in [0.2, 0.25) is 0 Å². The number of aliphatic carboxylic acids is 1. The first-order chi connectivity index (χ1) is 19.6. The highest BCUT2D eigenvalue weighted by Gasteiger charge is 2.65. The van der Waals surface area contributed by atoms with Gasteiger partial charge in [0.1, 0.15) is 17.0 Å². The van der Waals surface area contributed by atoms with Crippen molar-refractivity contribution < 1.29 is 38.5 Å². The molecule has 0 saturated carbocycles. The van der Waals surface area contributed by atoms with E-state index >= 15 is 0 Å². The van der Waals surface area contributed by atoms with Crippen molar-refractivity contribution in [2.45, 2.75) is 77.7 Å². The van der Waals surface area contributed by atoms with E-state index in [2.05, 4.69) is 0 Å². The molecule has 1 aromatic heterocycles. The number of ether oxygens (including phenoxy) is 3. The number of hydrogen-bond acceptors (Lipinski definition) is 7. The number of hydrogen-bond donors (Lipinski definition) is 1. The summed E-state index contributed by atoms with van der Waals surface area (Å²) in [6, 6.07) is 14.1. The summed E-state index contributed by atoms with van der Waals surface area (Å²) in [5.41, 5.74) is -1.57. The highest BCUT2D eigenvalue weighted by atomic mass is 16.6. The highest BCUT2D eigenvalue weighted by Crippen LogP contribution is 2.45. The number of para-hydroxylation sites is 1. The fraction of sp³-hybridized carbons (Fsp3) is 0.438. The number of methoxy groups -OCH3 is 1. The van der Waals surface area contributed by atoms with Gasteiger partial charge in [-0.15, -0.1) is 0 Å². The maximum absolute atomic E-state index is 13.6. The van der Waals surface area contributed by atoms with Crippen LogP contribution in [0.4, 0.5) is 4.79 Å². The van der Waals surface area contributed by atoms with Gasteiger partial charge in [-0.05, 0) is 70.9 Å². The molecule has 1 aliphatic rings. The second-order valence-electron chi connectivity index (χ2n) is 12.5. The minimum atomic E-state index is -1.78. The van der Waals surface area contributed by atoms with Crippen LogP contribution in [0.5, 0.6) is 5.75 Å². The number of rotatable bonds is 8. The van der Waals surface area contributed by atoms with E-state index in [4.69, 9.17) is 14.2 Å². The minimum Gasteiger partial charge on any atom is -0.497 e. The van der Waals surface area contributed by atoms with Crippen molar-refractivity contribution in [1.82, 2.24) is 9.47 Å². The van der Waals surface area contributed by atoms with E-state index in [1.165, 1.54) is 9.47 Å². The number of carbonyl (C=O) groups excluding carboxylic acids is 3. The van der Waals surface area contributed by atoms with E-state index in [-0.39, 0.29) is 13.0 Å². The van der Waals surface area contributed by atoms with Crippen molar-refractivity contribution in [2.75, 3.05) is 7.11 Å². The van der Waals surface area contributed by atoms with Gasteiger partial charge in [0.2, 0.25) is 5.91 Å². The van der Waals surface area contributed by atoms with Gasteiger partial charge in [-0.25, -0.2) is 9.59 Å². The summed E-state index contributed by atoms with van der Waals surface area (Å²) in [6.45, 7) is 10.4. The molecule has 42 heavy (non-hydrogen) atoms. The number of nitrogens with zero attached hydrogens (tertiary/aromatic N) is 2. The highest BCUT2D eigenvalue weighted by molar-refractivity contribution is 6.03. The predicted molar refractivity (Wildman–Crippen MR) is 155 cm³/mol. The molecule has 224 valence electrons. The molecule has 2 heterocycles. The van der Waals surface area contributed by atoms with Gasteiger partial charge in [0.15, 0.2) is 5.54 Å². The molecule has 1 amide bonds. The third kappa shape index (κ3) is 6.12. The topological polar surface area (TPSA) is 124 Å². The van der Waals surface area contributed by atoms with E-state index in [1.54, 1.807) is 103 Å². The summed E-state index contributed by atoms with van der Waals surface area (Å²) in [5.74, 6) is -2.93. The van der Waals surface area contributed by atoms with Crippen molar-refractivity contribution >= 4 is 34.8 Å². The Hall–Kier alpha value is -4.34. The number of carboxylic acid groups (broad SMARTS) is 1. The summed E-state index contributed by atoms with van der Waals surface area (Å²) in [5, 5.41) is 11.4. The Morgan fingerprint density at radius 2 is 1.55 bits per heavy atom. The number of β-lactam (4-membered cyclic amide) rings is 1. The monoisotopic (exact) mass is 578 g/mol. The number of amides is 1. The number of esters is 1. The Morgan fingerprint density at radius 1 is 0.929 bits per heavy atom. The van der Waals surface area contributed by atoms with E-state index in [0.717, 1.165) is 0 Å². The van der Waals surface area contributed by atoms with Crippen molar-refractivity contribution in [3.63, 3.8) is 0 Å². The fourth-order valence-electron chi connectivity index (χ4n) is 5.35. The molecule has 1 N–H and O–H groups in total. The van der Waals surface area contributed by atoms with Crippen molar-refractivity contribution in [3.05, 3.63) is 65.9 Å². The van der Waals surface area contributed by atoms with Crippen LogP contribution in [-0.2, 0) is 36.8 Å². The Bertz CT molecular complexity index is 1510. The summed E-state index contributed by atoms with van der Waals surface area (Å²) < 4.78 is 17.6. The second kappa shape index (κ2) is 11.2. The first-order valence-electron chi connectivity index (χ1n) is 13.8. The molecule has 1 saturated heterocycles. The Labute approximate surface area is 245 Å². The van der Waals surface area contributed by atoms with Gasteiger partial charge < -0.3 is 24.2 Å². The van der Waals surface area contributed by atoms with Gasteiger partial charge in [-0.1, -0.05) is 30.3 Å². The molecule has 10 nitrogen and oxygen atoms in total. The lowest BCUT2D eigenvalue weighted by Gasteiger charge is -2.54. The Balaban J connectivity index is 1.79. The number of likely N-dealkylation sites (tertiary alicyclic amines) is 1. The molecule has 0 radical (unpaired) electrons. The summed E-state index contributed by atoms with van der Waals surface area (Å²) in [6.07, 6.45) is 0.405. The zero-order chi connectivity index (χ0) is 31.0. The zero-order valence-electron chi connectivity index (χ0n) is 25.1. The molecule has 3 aromatic rings. The molecule has 0 aliphatic carbocycles. The molecular formula is C32H38N2O8. The second-order valence-corrected chi connectivity index (χ2v) is 12.5. The molecule has 4 rings (SSSR count). The van der Waals surface area contributed by atoms with Gasteiger partial charge in [0.25, 0.3) is 0 Å². The average Bonchev–Trinajstić information content (AvgIpc) is 3.26. The van der Waals surface area contributed by atoms with Gasteiger partial charge in [0.05, 0.1) is 25.0 Å². The lowest BCUT2D eigenvalue weighted by molar-refractivity contribution is -0.193. The van der Waals surface area contributed by atoms with Crippen LogP contribution < -0.4 is 4.74 Å². The first kappa shape index (κ1) is 30.6. The predicted octanol–water partition coefficient (Wildman–Crippen LogP) is 5.19. The van der Waals surface area contributed by atoms with Crippen LogP contribution in [0.25, 0.3) is 10.9 Å². The number of aromatic nitrogens is 1. The Kier molecular flexibility index (Phi) is 8.13. The Morgan fingerprint density at radius 3 is 2.12 bits per heavy atom. The van der Waals surface area contributed by atoms with Crippen LogP contribution in [-0.4, -0.2) is 62.4 Å². The standard InChI is InChI=1S/C32H38N2O8/c1-30(2,3)41-26(35)16-24-27(36)34(18-20-12-14-22(40-7)15-13-20)32(24,28(37)38)17-21-19-33(29(39)42-31(4,5)6)25-11-9-8-10-23(21)25/h8-15,19,24H,16-18H2,1-7H3,(H,37,38)/t24-,32-/m0/s1. The maximum atomic E-state index is 13.6. The molecule has 0 unspecified atom stereocenters. The lowest BCUT2D eigenvalue weighted by Crippen LogP contribution is -2.75. The molecule has 2 aromatic carbocycles. The van der Waals surface area contributed by atoms with Crippen molar-refractivity contribution in [3.8, 4) is 5.75 Å². The quantitative estimate of drug-likeness (QED) is 0.286. The van der Waals surface area contributed by atoms with Crippen LogP contribution in [0, 0.1) is 5.92 Å². The number of carbonyl (C=O) groups is 4. The molecule has 1 fully saturated rings. The third-order valence-electron chi connectivity index (χ3n) is 7.13. The molecule has 0 spiro atoms. The van der Waals surface area contributed by atoms with E-state index < -0.39 is 53.0 Å². The van der Waals surface area contributed by atoms with Crippen molar-refractivity contribution in [1.29, 1.82) is 0 Å². The smallest absolute Gasteiger partial charge is 0.419 e. The normalized spacial score (nSPS) is 18.9. The lowest BCUT2D eigenvalue weighted by atomic mass is 9.67. The van der Waals surface area contributed by atoms with E-state index in [9.17, 15) is 24.3 Å². The van der Waals surface area contributed by atoms with Gasteiger partial charge in [-0.2, -0.15) is 0 Å². The number of carboxylic acids is 1. The minimum absolute atomic E-state index is 0.00462. The SMILES string of the molecule is COc1ccc(CN2C(=O)[C@H](CC(=O)OC(C)(C)C)[C@@]2(Cc2cn(C(=O)OC(C)(C)C)c3ccccc23)C(=O)O)cc1. The molecule has 2 atom stereocenters. The van der Waals surface area contributed by atoms with Gasteiger partial charge >= 0.3 is 18.0 Å².